The van der Waals surface area contributed by atoms with E-state index in [0.29, 0.717) is 16.7 Å². The smallest absolute Gasteiger partial charge is 0.0689 e. The van der Waals surface area contributed by atoms with Crippen LogP contribution in [0.3, 0.4) is 0 Å². The van der Waals surface area contributed by atoms with Crippen LogP contribution in [0.2, 0.25) is 0 Å². The second-order valence-corrected chi connectivity index (χ2v) is 7.38. The van der Waals surface area contributed by atoms with Gasteiger partial charge in [-0.05, 0) is 36.0 Å². The fourth-order valence-corrected chi connectivity index (χ4v) is 2.81. The van der Waals surface area contributed by atoms with Crippen LogP contribution in [0.4, 0.5) is 0 Å². The number of hydrogen-bond donors (Lipinski definition) is 0. The molecule has 1 saturated carbocycles. The average molecular weight is 207 g/mol. The molecule has 1 rings (SSSR count). The van der Waals surface area contributed by atoms with E-state index in [9.17, 15) is 5.26 Å². The lowest BCUT2D eigenvalue weighted by atomic mass is 9.63. The van der Waals surface area contributed by atoms with E-state index in [1.165, 1.54) is 0 Å². The SMILES string of the molecule is CC(C)(C)C(CC1(C#N)CC1)C(C)(C)C. The van der Waals surface area contributed by atoms with Gasteiger partial charge < -0.3 is 0 Å². The van der Waals surface area contributed by atoms with Gasteiger partial charge in [0.15, 0.2) is 0 Å². The molecule has 0 bridgehead atoms. The van der Waals surface area contributed by atoms with Crippen molar-refractivity contribution in [2.45, 2.75) is 60.8 Å². The molecule has 0 atom stereocenters. The Hall–Kier alpha value is -0.510. The highest BCUT2D eigenvalue weighted by atomic mass is 14.5. The fraction of sp³-hybridized carbons (Fsp3) is 0.929. The summed E-state index contributed by atoms with van der Waals surface area (Å²) in [5.74, 6) is 0.618. The van der Waals surface area contributed by atoms with Crippen molar-refractivity contribution in [1.29, 1.82) is 5.26 Å². The number of nitrogens with zero attached hydrogens (tertiary/aromatic N) is 1. The monoisotopic (exact) mass is 207 g/mol. The molecule has 1 nitrogen and oxygen atoms in total. The van der Waals surface area contributed by atoms with Gasteiger partial charge in [0.2, 0.25) is 0 Å². The zero-order chi connectivity index (χ0) is 11.9. The maximum absolute atomic E-state index is 9.19. The topological polar surface area (TPSA) is 23.8 Å². The first kappa shape index (κ1) is 12.6. The number of nitriles is 1. The normalized spacial score (nSPS) is 20.1. The van der Waals surface area contributed by atoms with E-state index in [-0.39, 0.29) is 5.41 Å². The predicted molar refractivity (Wildman–Crippen MR) is 64.3 cm³/mol. The molecule has 86 valence electrons. The summed E-state index contributed by atoms with van der Waals surface area (Å²) in [7, 11) is 0. The van der Waals surface area contributed by atoms with Crippen LogP contribution >= 0.6 is 0 Å². The summed E-state index contributed by atoms with van der Waals surface area (Å²) < 4.78 is 0. The van der Waals surface area contributed by atoms with Crippen LogP contribution in [0, 0.1) is 33.5 Å². The molecule has 1 fully saturated rings. The van der Waals surface area contributed by atoms with Crippen molar-refractivity contribution < 1.29 is 0 Å². The first-order valence-corrected chi connectivity index (χ1v) is 6.02. The molecular formula is C14H25N. The molecule has 0 aliphatic heterocycles. The molecule has 0 aromatic rings. The van der Waals surface area contributed by atoms with Gasteiger partial charge in [-0.15, -0.1) is 0 Å². The Balaban J connectivity index is 2.81. The van der Waals surface area contributed by atoms with Crippen LogP contribution in [-0.4, -0.2) is 0 Å². The molecule has 0 heterocycles. The third-order valence-corrected chi connectivity index (χ3v) is 3.78. The maximum Gasteiger partial charge on any atom is 0.0689 e. The van der Waals surface area contributed by atoms with Gasteiger partial charge in [0, 0.05) is 0 Å². The Morgan fingerprint density at radius 2 is 1.47 bits per heavy atom. The van der Waals surface area contributed by atoms with E-state index in [1.54, 1.807) is 0 Å². The molecule has 0 spiro atoms. The van der Waals surface area contributed by atoms with Gasteiger partial charge in [0.25, 0.3) is 0 Å². The Morgan fingerprint density at radius 3 is 1.67 bits per heavy atom. The summed E-state index contributed by atoms with van der Waals surface area (Å²) in [5.41, 5.74) is 0.626. The third-order valence-electron chi connectivity index (χ3n) is 3.78. The lowest BCUT2D eigenvalue weighted by Crippen LogP contribution is -2.34. The van der Waals surface area contributed by atoms with Crippen molar-refractivity contribution in [3.63, 3.8) is 0 Å². The van der Waals surface area contributed by atoms with E-state index in [0.717, 1.165) is 19.3 Å². The van der Waals surface area contributed by atoms with Gasteiger partial charge >= 0.3 is 0 Å². The minimum Gasteiger partial charge on any atom is -0.198 e. The van der Waals surface area contributed by atoms with Crippen molar-refractivity contribution in [1.82, 2.24) is 0 Å². The lowest BCUT2D eigenvalue weighted by molar-refractivity contribution is 0.0787. The van der Waals surface area contributed by atoms with Crippen LogP contribution in [0.5, 0.6) is 0 Å². The second-order valence-electron chi connectivity index (χ2n) is 7.38. The average Bonchev–Trinajstić information content (AvgIpc) is 2.76. The predicted octanol–water partition coefficient (Wildman–Crippen LogP) is 4.39. The van der Waals surface area contributed by atoms with Gasteiger partial charge in [-0.1, -0.05) is 41.5 Å². The quantitative estimate of drug-likeness (QED) is 0.659. The van der Waals surface area contributed by atoms with Crippen LogP contribution in [-0.2, 0) is 0 Å². The van der Waals surface area contributed by atoms with Gasteiger partial charge in [0.05, 0.1) is 11.5 Å². The summed E-state index contributed by atoms with van der Waals surface area (Å²) in [6, 6.07) is 2.53. The van der Waals surface area contributed by atoms with Crippen molar-refractivity contribution in [2.75, 3.05) is 0 Å². The molecule has 1 heteroatoms. The maximum atomic E-state index is 9.19. The zero-order valence-electron chi connectivity index (χ0n) is 11.1. The summed E-state index contributed by atoms with van der Waals surface area (Å²) >= 11 is 0. The van der Waals surface area contributed by atoms with E-state index < -0.39 is 0 Å². The first-order chi connectivity index (χ1) is 6.61. The molecule has 0 N–H and O–H groups in total. The van der Waals surface area contributed by atoms with Gasteiger partial charge in [-0.25, -0.2) is 0 Å². The summed E-state index contributed by atoms with van der Waals surface area (Å²) in [5, 5.41) is 9.19. The molecule has 0 aromatic carbocycles. The van der Waals surface area contributed by atoms with Gasteiger partial charge in [-0.2, -0.15) is 5.26 Å². The Morgan fingerprint density at radius 1 is 1.07 bits per heavy atom. The van der Waals surface area contributed by atoms with E-state index in [2.05, 4.69) is 47.6 Å². The number of hydrogen-bond acceptors (Lipinski definition) is 1. The third kappa shape index (κ3) is 2.97. The Bertz CT molecular complexity index is 251. The highest BCUT2D eigenvalue weighted by molar-refractivity contribution is 5.11. The molecule has 0 radical (unpaired) electrons. The largest absolute Gasteiger partial charge is 0.198 e. The minimum atomic E-state index is 0.0330. The second kappa shape index (κ2) is 3.51. The molecule has 15 heavy (non-hydrogen) atoms. The van der Waals surface area contributed by atoms with Crippen molar-refractivity contribution in [3.05, 3.63) is 0 Å². The standard InChI is InChI=1S/C14H25N/c1-12(2,3)11(13(4,5)6)9-14(10-15)7-8-14/h11H,7-9H2,1-6H3. The summed E-state index contributed by atoms with van der Waals surface area (Å²) in [6.45, 7) is 13.8. The van der Waals surface area contributed by atoms with Crippen LogP contribution in [0.15, 0.2) is 0 Å². The first-order valence-electron chi connectivity index (χ1n) is 6.02. The zero-order valence-corrected chi connectivity index (χ0v) is 11.1. The van der Waals surface area contributed by atoms with E-state index in [4.69, 9.17) is 0 Å². The Labute approximate surface area is 94.9 Å². The molecule has 0 saturated heterocycles. The van der Waals surface area contributed by atoms with Crippen molar-refractivity contribution >= 4 is 0 Å². The van der Waals surface area contributed by atoms with Crippen LogP contribution in [0.25, 0.3) is 0 Å². The molecular weight excluding hydrogens is 182 g/mol. The van der Waals surface area contributed by atoms with Crippen LogP contribution in [0.1, 0.15) is 60.8 Å². The Kier molecular flexibility index (Phi) is 2.94. The molecule has 1 aliphatic rings. The highest BCUT2D eigenvalue weighted by Gasteiger charge is 2.49. The summed E-state index contributed by atoms with van der Waals surface area (Å²) in [4.78, 5) is 0. The van der Waals surface area contributed by atoms with Crippen LogP contribution < -0.4 is 0 Å². The van der Waals surface area contributed by atoms with Gasteiger partial charge in [0.1, 0.15) is 0 Å². The summed E-state index contributed by atoms with van der Waals surface area (Å²) in [6.07, 6.45) is 3.31. The van der Waals surface area contributed by atoms with E-state index >= 15 is 0 Å². The van der Waals surface area contributed by atoms with Crippen molar-refractivity contribution in [3.8, 4) is 6.07 Å². The molecule has 0 aromatic heterocycles. The fourth-order valence-electron chi connectivity index (χ4n) is 2.81. The minimum absolute atomic E-state index is 0.0330. The molecule has 0 amide bonds. The highest BCUT2D eigenvalue weighted by Crippen LogP contribution is 2.56. The lowest BCUT2D eigenvalue weighted by Gasteiger charge is -2.42. The van der Waals surface area contributed by atoms with E-state index in [1.807, 2.05) is 0 Å². The molecule has 1 aliphatic carbocycles. The van der Waals surface area contributed by atoms with Crippen molar-refractivity contribution in [2.24, 2.45) is 22.2 Å². The van der Waals surface area contributed by atoms with Gasteiger partial charge in [-0.3, -0.25) is 0 Å². The molecule has 0 unspecified atom stereocenters. The number of rotatable bonds is 2.